The van der Waals surface area contributed by atoms with E-state index in [1.54, 1.807) is 0 Å². The fourth-order valence-electron chi connectivity index (χ4n) is 3.59. The quantitative estimate of drug-likeness (QED) is 0.136. The van der Waals surface area contributed by atoms with Gasteiger partial charge in [0.2, 0.25) is 0 Å². The van der Waals surface area contributed by atoms with Crippen molar-refractivity contribution < 1.29 is 76.8 Å². The van der Waals surface area contributed by atoms with Gasteiger partial charge >= 0.3 is 30.7 Å². The van der Waals surface area contributed by atoms with Gasteiger partial charge in [-0.05, 0) is 27.2 Å². The first kappa shape index (κ1) is 34.8. The van der Waals surface area contributed by atoms with Crippen molar-refractivity contribution in [3.63, 3.8) is 0 Å². The molecule has 0 saturated carbocycles. The van der Waals surface area contributed by atoms with Crippen LogP contribution >= 0.6 is 0 Å². The lowest BCUT2D eigenvalue weighted by Crippen LogP contribution is -2.73. The van der Waals surface area contributed by atoms with Crippen molar-refractivity contribution in [2.45, 2.75) is 87.6 Å². The number of alkyl halides is 12. The van der Waals surface area contributed by atoms with E-state index in [9.17, 15) is 62.6 Å². The zero-order valence-electron chi connectivity index (χ0n) is 19.7. The first-order valence-corrected chi connectivity index (χ1v) is 9.96. The second-order valence-electron chi connectivity index (χ2n) is 8.29. The van der Waals surface area contributed by atoms with E-state index >= 15 is 0 Å². The zero-order valence-corrected chi connectivity index (χ0v) is 19.7. The molecule has 5 nitrogen and oxygen atoms in total. The number of carbonyl (C=O) groups excluding carboxylic acids is 1. The first-order chi connectivity index (χ1) is 16.2. The largest absolute Gasteiger partial charge is 0.492 e. The molecule has 0 heterocycles. The molecule has 0 amide bonds. The third-order valence-corrected chi connectivity index (χ3v) is 5.54. The summed E-state index contributed by atoms with van der Waals surface area (Å²) in [7, 11) is 0. The Morgan fingerprint density at radius 2 is 1.27 bits per heavy atom. The van der Waals surface area contributed by atoms with Gasteiger partial charge < -0.3 is 19.3 Å². The second-order valence-corrected chi connectivity index (χ2v) is 8.29. The highest BCUT2D eigenvalue weighted by Crippen LogP contribution is 2.56. The number of esters is 1. The van der Waals surface area contributed by atoms with Crippen molar-refractivity contribution in [1.82, 2.24) is 0 Å². The van der Waals surface area contributed by atoms with E-state index in [1.165, 1.54) is 0 Å². The maximum absolute atomic E-state index is 13.9. The summed E-state index contributed by atoms with van der Waals surface area (Å²) in [6.45, 7) is 5.31. The van der Waals surface area contributed by atoms with Crippen molar-refractivity contribution in [1.29, 1.82) is 0 Å². The minimum absolute atomic E-state index is 0.173. The summed E-state index contributed by atoms with van der Waals surface area (Å²) in [5, 5.41) is 9.92. The minimum Gasteiger partial charge on any atom is -0.492 e. The SMILES string of the molecule is C=COC(C)(C)C(OCCC(CC)(OC(=O)C(=C)C)C(O)(C(F)(F)F)C(F)(F)F)(C(F)(F)F)C(F)(F)F. The Balaban J connectivity index is 7.10. The van der Waals surface area contributed by atoms with Crippen molar-refractivity contribution in [2.24, 2.45) is 0 Å². The fourth-order valence-corrected chi connectivity index (χ4v) is 3.59. The molecule has 0 rings (SSSR count). The molecule has 1 unspecified atom stereocenters. The monoisotopic (exact) mass is 572 g/mol. The van der Waals surface area contributed by atoms with Gasteiger partial charge in [0, 0.05) is 12.0 Å². The lowest BCUT2D eigenvalue weighted by atomic mass is 9.76. The van der Waals surface area contributed by atoms with Crippen LogP contribution in [0.1, 0.15) is 40.5 Å². The van der Waals surface area contributed by atoms with Crippen LogP contribution in [0.15, 0.2) is 25.0 Å². The van der Waals surface area contributed by atoms with Crippen LogP contribution in [-0.4, -0.2) is 64.8 Å². The molecular weight excluding hydrogens is 548 g/mol. The smallest absolute Gasteiger partial charge is 0.430 e. The molecule has 0 radical (unpaired) electrons. The molecule has 0 aromatic carbocycles. The van der Waals surface area contributed by atoms with Crippen LogP contribution in [0.3, 0.4) is 0 Å². The van der Waals surface area contributed by atoms with Crippen LogP contribution in [-0.2, 0) is 19.0 Å². The maximum atomic E-state index is 13.9. The Labute approximate surface area is 203 Å². The minimum atomic E-state index is -6.69. The molecular formula is C20H24F12O5. The van der Waals surface area contributed by atoms with Crippen molar-refractivity contribution in [3.8, 4) is 0 Å². The Bertz CT molecular complexity index is 811. The van der Waals surface area contributed by atoms with Crippen LogP contribution in [0, 0.1) is 0 Å². The first-order valence-electron chi connectivity index (χ1n) is 9.96. The van der Waals surface area contributed by atoms with E-state index in [2.05, 4.69) is 27.4 Å². The van der Waals surface area contributed by atoms with Gasteiger partial charge in [0.25, 0.3) is 11.2 Å². The van der Waals surface area contributed by atoms with E-state index in [-0.39, 0.29) is 20.1 Å². The average molecular weight is 572 g/mol. The van der Waals surface area contributed by atoms with E-state index < -0.39 is 78.1 Å². The summed E-state index contributed by atoms with van der Waals surface area (Å²) >= 11 is 0. The van der Waals surface area contributed by atoms with Gasteiger partial charge in [-0.3, -0.25) is 0 Å². The molecule has 0 aromatic heterocycles. The van der Waals surface area contributed by atoms with E-state index in [4.69, 9.17) is 0 Å². The van der Waals surface area contributed by atoms with Gasteiger partial charge in [0.15, 0.2) is 5.60 Å². The fraction of sp³-hybridized carbons (Fsp3) is 0.750. The number of carbonyl (C=O) groups is 1. The molecule has 0 spiro atoms. The molecule has 1 N–H and O–H groups in total. The standard InChI is InChI=1S/C20H24F12O5/c1-7-14(37-12(33)11(3)4,15(34,17(21,22)23)18(24,25)26)9-10-36-16(19(27,28)29,20(30,31)32)13(5,6)35-8-2/h8,34H,2-3,7,9-10H2,1,4-6H3. The molecule has 37 heavy (non-hydrogen) atoms. The number of ether oxygens (including phenoxy) is 3. The molecule has 17 heteroatoms. The Kier molecular flexibility index (Phi) is 9.92. The lowest BCUT2D eigenvalue weighted by Gasteiger charge is -2.49. The predicted octanol–water partition coefficient (Wildman–Crippen LogP) is 6.32. The van der Waals surface area contributed by atoms with E-state index in [0.29, 0.717) is 6.92 Å². The van der Waals surface area contributed by atoms with E-state index in [0.717, 1.165) is 6.92 Å². The zero-order chi connectivity index (χ0) is 30.1. The van der Waals surface area contributed by atoms with Crippen LogP contribution in [0.4, 0.5) is 52.7 Å². The number of aliphatic hydroxyl groups is 1. The number of hydrogen-bond donors (Lipinski definition) is 1. The normalized spacial score (nSPS) is 16.1. The van der Waals surface area contributed by atoms with Gasteiger partial charge in [0.05, 0.1) is 12.9 Å². The Morgan fingerprint density at radius 1 is 0.865 bits per heavy atom. The van der Waals surface area contributed by atoms with Crippen LogP contribution < -0.4 is 0 Å². The molecule has 1 atom stereocenters. The van der Waals surface area contributed by atoms with Crippen molar-refractivity contribution >= 4 is 5.97 Å². The second kappa shape index (κ2) is 10.5. The van der Waals surface area contributed by atoms with Gasteiger partial charge in [-0.1, -0.05) is 20.1 Å². The molecule has 0 aromatic rings. The van der Waals surface area contributed by atoms with Crippen LogP contribution in [0.25, 0.3) is 0 Å². The molecule has 0 aliphatic carbocycles. The van der Waals surface area contributed by atoms with Gasteiger partial charge in [-0.15, -0.1) is 0 Å². The number of halogens is 12. The average Bonchev–Trinajstić information content (AvgIpc) is 2.65. The summed E-state index contributed by atoms with van der Waals surface area (Å²) < 4.78 is 178. The van der Waals surface area contributed by atoms with E-state index in [1.807, 2.05) is 0 Å². The highest BCUT2D eigenvalue weighted by atomic mass is 19.4. The third-order valence-electron chi connectivity index (χ3n) is 5.54. The molecule has 218 valence electrons. The lowest BCUT2D eigenvalue weighted by molar-refractivity contribution is -0.429. The third kappa shape index (κ3) is 5.96. The maximum Gasteiger partial charge on any atom is 0.430 e. The number of rotatable bonds is 11. The summed E-state index contributed by atoms with van der Waals surface area (Å²) in [4.78, 5) is 11.9. The van der Waals surface area contributed by atoms with Gasteiger partial charge in [-0.2, -0.15) is 52.7 Å². The van der Waals surface area contributed by atoms with Gasteiger partial charge in [-0.25, -0.2) is 4.79 Å². The van der Waals surface area contributed by atoms with Crippen LogP contribution in [0.2, 0.25) is 0 Å². The summed E-state index contributed by atoms with van der Waals surface area (Å²) in [6.07, 6.45) is -29.8. The molecule has 0 aliphatic heterocycles. The van der Waals surface area contributed by atoms with Gasteiger partial charge in [0.1, 0.15) is 5.60 Å². The summed E-state index contributed by atoms with van der Waals surface area (Å²) in [5.74, 6) is -1.96. The highest BCUT2D eigenvalue weighted by molar-refractivity contribution is 5.87. The highest BCUT2D eigenvalue weighted by Gasteiger charge is 2.82. The Morgan fingerprint density at radius 3 is 1.54 bits per heavy atom. The molecule has 0 fully saturated rings. The predicted molar refractivity (Wildman–Crippen MR) is 102 cm³/mol. The van der Waals surface area contributed by atoms with Crippen molar-refractivity contribution in [3.05, 3.63) is 25.0 Å². The van der Waals surface area contributed by atoms with Crippen LogP contribution in [0.5, 0.6) is 0 Å². The van der Waals surface area contributed by atoms with Crippen molar-refractivity contribution in [2.75, 3.05) is 6.61 Å². The topological polar surface area (TPSA) is 65.0 Å². The molecule has 0 saturated heterocycles. The number of hydrogen-bond acceptors (Lipinski definition) is 5. The molecule has 0 aliphatic rings. The summed E-state index contributed by atoms with van der Waals surface area (Å²) in [6, 6.07) is 0. The summed E-state index contributed by atoms with van der Waals surface area (Å²) in [5.41, 5.74) is -19.7. The Hall–Kier alpha value is -2.17. The molecule has 0 bridgehead atoms.